The molecule has 3 aromatic rings. The quantitative estimate of drug-likeness (QED) is 0.336. The van der Waals surface area contributed by atoms with E-state index in [2.05, 4.69) is 5.10 Å². The maximum atomic E-state index is 13.4. The van der Waals surface area contributed by atoms with Crippen LogP contribution in [0.2, 0.25) is 0 Å². The van der Waals surface area contributed by atoms with E-state index in [0.717, 1.165) is 24.3 Å². The lowest BCUT2D eigenvalue weighted by Gasteiger charge is -2.10. The van der Waals surface area contributed by atoms with Gasteiger partial charge in [0.2, 0.25) is 15.7 Å². The number of non-ortho nitro benzene ring substituents is 1. The van der Waals surface area contributed by atoms with Crippen molar-refractivity contribution in [2.24, 2.45) is 5.92 Å². The topological polar surface area (TPSA) is 121 Å². The standard InChI is InChI=1S/C20H17N3O6S/c1-13-18(30(27,28)17-11-9-16(10-12-17)23(25)26)19(29-20(24)14-7-8-14)22(21-13)15-5-3-2-4-6-15/h2-6,9-12,14H,7-8H2,1H3. The fourth-order valence-electron chi connectivity index (χ4n) is 3.00. The molecule has 30 heavy (non-hydrogen) atoms. The molecule has 0 bridgehead atoms. The van der Waals surface area contributed by atoms with Gasteiger partial charge in [0, 0.05) is 12.1 Å². The van der Waals surface area contributed by atoms with Crippen LogP contribution in [0.3, 0.4) is 0 Å². The monoisotopic (exact) mass is 427 g/mol. The van der Waals surface area contributed by atoms with Gasteiger partial charge >= 0.3 is 5.97 Å². The third-order valence-electron chi connectivity index (χ3n) is 4.70. The zero-order chi connectivity index (χ0) is 21.5. The number of aryl methyl sites for hydroxylation is 1. The molecule has 0 unspecified atom stereocenters. The predicted octanol–water partition coefficient (Wildman–Crippen LogP) is 3.24. The first-order valence-electron chi connectivity index (χ1n) is 9.15. The fourth-order valence-corrected chi connectivity index (χ4v) is 4.52. The Balaban J connectivity index is 1.86. The van der Waals surface area contributed by atoms with Gasteiger partial charge in [-0.3, -0.25) is 14.9 Å². The van der Waals surface area contributed by atoms with E-state index in [0.29, 0.717) is 18.5 Å². The molecular formula is C20H17N3O6S. The molecule has 0 aliphatic heterocycles. The van der Waals surface area contributed by atoms with Crippen molar-refractivity contribution in [1.82, 2.24) is 9.78 Å². The van der Waals surface area contributed by atoms with E-state index in [4.69, 9.17) is 4.74 Å². The van der Waals surface area contributed by atoms with E-state index in [1.165, 1.54) is 11.6 Å². The van der Waals surface area contributed by atoms with Crippen molar-refractivity contribution >= 4 is 21.5 Å². The molecule has 1 aliphatic carbocycles. The molecule has 4 rings (SSSR count). The molecular weight excluding hydrogens is 410 g/mol. The number of carbonyl (C=O) groups is 1. The van der Waals surface area contributed by atoms with E-state index >= 15 is 0 Å². The first-order valence-corrected chi connectivity index (χ1v) is 10.6. The van der Waals surface area contributed by atoms with E-state index < -0.39 is 20.7 Å². The van der Waals surface area contributed by atoms with Crippen LogP contribution in [0.5, 0.6) is 5.88 Å². The molecule has 1 fully saturated rings. The number of rotatable bonds is 6. The van der Waals surface area contributed by atoms with Crippen molar-refractivity contribution in [3.8, 4) is 11.6 Å². The SMILES string of the molecule is Cc1nn(-c2ccccc2)c(OC(=O)C2CC2)c1S(=O)(=O)c1ccc([N+](=O)[O-])cc1. The van der Waals surface area contributed by atoms with Crippen molar-refractivity contribution in [2.45, 2.75) is 29.6 Å². The molecule has 1 aromatic heterocycles. The normalized spacial score (nSPS) is 13.8. The molecule has 0 spiro atoms. The third kappa shape index (κ3) is 3.57. The number of hydrogen-bond donors (Lipinski definition) is 0. The molecule has 10 heteroatoms. The van der Waals surface area contributed by atoms with Gasteiger partial charge in [0.1, 0.15) is 0 Å². The van der Waals surface area contributed by atoms with Crippen LogP contribution < -0.4 is 4.74 Å². The number of nitrogens with zero attached hydrogens (tertiary/aromatic N) is 3. The summed E-state index contributed by atoms with van der Waals surface area (Å²) in [5.41, 5.74) is 0.450. The van der Waals surface area contributed by atoms with Crippen LogP contribution in [0.25, 0.3) is 5.69 Å². The Labute approximate surface area is 172 Å². The van der Waals surface area contributed by atoms with Crippen LogP contribution in [0, 0.1) is 23.0 Å². The molecule has 0 N–H and O–H groups in total. The highest BCUT2D eigenvalue weighted by Crippen LogP contribution is 2.37. The molecule has 0 atom stereocenters. The Bertz CT molecular complexity index is 1230. The number of carbonyl (C=O) groups excluding carboxylic acids is 1. The van der Waals surface area contributed by atoms with E-state index in [9.17, 15) is 23.3 Å². The second-order valence-electron chi connectivity index (χ2n) is 6.92. The molecule has 0 saturated heterocycles. The number of nitro groups is 1. The lowest BCUT2D eigenvalue weighted by atomic mass is 10.3. The Morgan fingerprint density at radius 1 is 1.13 bits per heavy atom. The molecule has 0 amide bonds. The number of benzene rings is 2. The van der Waals surface area contributed by atoms with Crippen LogP contribution in [0.1, 0.15) is 18.5 Å². The molecule has 9 nitrogen and oxygen atoms in total. The molecule has 1 saturated carbocycles. The van der Waals surface area contributed by atoms with Gasteiger partial charge in [-0.1, -0.05) is 18.2 Å². The first-order chi connectivity index (χ1) is 14.3. The number of nitro benzene ring substituents is 1. The molecule has 1 aliphatic rings. The zero-order valence-corrected chi connectivity index (χ0v) is 16.7. The second-order valence-corrected chi connectivity index (χ2v) is 8.80. The van der Waals surface area contributed by atoms with Crippen LogP contribution in [0.4, 0.5) is 5.69 Å². The fraction of sp³-hybridized carbons (Fsp3) is 0.200. The summed E-state index contributed by atoms with van der Waals surface area (Å²) in [6.07, 6.45) is 1.39. The van der Waals surface area contributed by atoms with Crippen molar-refractivity contribution < 1.29 is 22.9 Å². The molecule has 154 valence electrons. The van der Waals surface area contributed by atoms with E-state index in [1.54, 1.807) is 30.3 Å². The Morgan fingerprint density at radius 2 is 1.77 bits per heavy atom. The summed E-state index contributed by atoms with van der Waals surface area (Å²) in [7, 11) is -4.16. The maximum absolute atomic E-state index is 13.4. The highest BCUT2D eigenvalue weighted by molar-refractivity contribution is 7.91. The highest BCUT2D eigenvalue weighted by Gasteiger charge is 2.36. The van der Waals surface area contributed by atoms with Crippen LogP contribution >= 0.6 is 0 Å². The summed E-state index contributed by atoms with van der Waals surface area (Å²) >= 11 is 0. The molecule has 1 heterocycles. The van der Waals surface area contributed by atoms with Crippen molar-refractivity contribution in [3.63, 3.8) is 0 Å². The van der Waals surface area contributed by atoms with Gasteiger partial charge < -0.3 is 4.74 Å². The Kier molecular flexibility index (Phi) is 4.86. The third-order valence-corrected chi connectivity index (χ3v) is 6.60. The lowest BCUT2D eigenvalue weighted by molar-refractivity contribution is -0.384. The van der Waals surface area contributed by atoms with E-state index in [-0.39, 0.29) is 33.0 Å². The summed E-state index contributed by atoms with van der Waals surface area (Å²) in [4.78, 5) is 22.2. The Hall–Kier alpha value is -3.53. The van der Waals surface area contributed by atoms with Crippen LogP contribution in [-0.4, -0.2) is 29.1 Å². The second kappa shape index (κ2) is 7.38. The summed E-state index contributed by atoms with van der Waals surface area (Å²) in [5, 5.41) is 15.2. The first kappa shape index (κ1) is 19.8. The minimum absolute atomic E-state index is 0.149. The largest absolute Gasteiger partial charge is 0.406 e. The van der Waals surface area contributed by atoms with Crippen LogP contribution in [-0.2, 0) is 14.6 Å². The van der Waals surface area contributed by atoms with Gasteiger partial charge in [-0.15, -0.1) is 0 Å². The summed E-state index contributed by atoms with van der Waals surface area (Å²) in [5.74, 6) is -0.944. The van der Waals surface area contributed by atoms with Gasteiger partial charge in [0.05, 0.1) is 27.1 Å². The number of aromatic nitrogens is 2. The number of esters is 1. The average molecular weight is 427 g/mol. The number of sulfone groups is 1. The van der Waals surface area contributed by atoms with Crippen LogP contribution in [0.15, 0.2) is 64.4 Å². The minimum atomic E-state index is -4.16. The highest BCUT2D eigenvalue weighted by atomic mass is 32.2. The predicted molar refractivity (Wildman–Crippen MR) is 105 cm³/mol. The minimum Gasteiger partial charge on any atom is -0.406 e. The van der Waals surface area contributed by atoms with Gasteiger partial charge in [0.25, 0.3) is 5.69 Å². The molecule has 0 radical (unpaired) electrons. The van der Waals surface area contributed by atoms with Gasteiger partial charge in [-0.25, -0.2) is 8.42 Å². The van der Waals surface area contributed by atoms with Gasteiger partial charge in [0.15, 0.2) is 4.90 Å². The average Bonchev–Trinajstić information content (AvgIpc) is 3.53. The number of hydrogen-bond acceptors (Lipinski definition) is 7. The lowest BCUT2D eigenvalue weighted by Crippen LogP contribution is -2.15. The Morgan fingerprint density at radius 3 is 2.33 bits per heavy atom. The maximum Gasteiger partial charge on any atom is 0.315 e. The van der Waals surface area contributed by atoms with Crippen molar-refractivity contribution in [1.29, 1.82) is 0 Å². The smallest absolute Gasteiger partial charge is 0.315 e. The van der Waals surface area contributed by atoms with Gasteiger partial charge in [-0.05, 0) is 44.0 Å². The van der Waals surface area contributed by atoms with Gasteiger partial charge in [-0.2, -0.15) is 9.78 Å². The zero-order valence-electron chi connectivity index (χ0n) is 15.9. The van der Waals surface area contributed by atoms with Crippen molar-refractivity contribution in [2.75, 3.05) is 0 Å². The van der Waals surface area contributed by atoms with Crippen molar-refractivity contribution in [3.05, 3.63) is 70.4 Å². The molecule has 2 aromatic carbocycles. The summed E-state index contributed by atoms with van der Waals surface area (Å²) in [6, 6.07) is 13.3. The summed E-state index contributed by atoms with van der Waals surface area (Å²) in [6.45, 7) is 1.51. The number of ether oxygens (including phenoxy) is 1. The van der Waals surface area contributed by atoms with E-state index in [1.807, 2.05) is 0 Å². The summed E-state index contributed by atoms with van der Waals surface area (Å²) < 4.78 is 33.5. The number of para-hydroxylation sites is 1.